The van der Waals surface area contributed by atoms with Gasteiger partial charge in [-0.1, -0.05) is 30.3 Å². The van der Waals surface area contributed by atoms with Gasteiger partial charge in [0.2, 0.25) is 0 Å². The Morgan fingerprint density at radius 2 is 1.76 bits per heavy atom. The molecule has 4 heteroatoms. The highest BCUT2D eigenvalue weighted by atomic mass is 16.2. The monoisotopic (exact) mass is 282 g/mol. The van der Waals surface area contributed by atoms with Crippen molar-refractivity contribution in [1.82, 2.24) is 9.88 Å². The molecule has 21 heavy (non-hydrogen) atoms. The Morgan fingerprint density at radius 1 is 1.05 bits per heavy atom. The van der Waals surface area contributed by atoms with Gasteiger partial charge in [-0.2, -0.15) is 0 Å². The minimum absolute atomic E-state index is 0.00290. The number of nitrogens with one attached hydrogen (secondary N) is 1. The Morgan fingerprint density at radius 3 is 2.48 bits per heavy atom. The van der Waals surface area contributed by atoms with Crippen molar-refractivity contribution in [3.05, 3.63) is 58.5 Å². The van der Waals surface area contributed by atoms with E-state index in [9.17, 15) is 9.59 Å². The number of benzene rings is 1. The van der Waals surface area contributed by atoms with Gasteiger partial charge in [-0.05, 0) is 30.9 Å². The number of aromatic amines is 1. The van der Waals surface area contributed by atoms with Crippen molar-refractivity contribution in [2.24, 2.45) is 0 Å². The number of H-pyrrole nitrogens is 1. The molecule has 0 bridgehead atoms. The number of hydrogen-bond donors (Lipinski definition) is 1. The number of rotatable bonds is 2. The maximum absolute atomic E-state index is 12.5. The van der Waals surface area contributed by atoms with Crippen molar-refractivity contribution in [3.8, 4) is 11.1 Å². The molecule has 0 aliphatic carbocycles. The fraction of sp³-hybridized carbons (Fsp3) is 0.294. The average molecular weight is 282 g/mol. The molecule has 2 aromatic rings. The summed E-state index contributed by atoms with van der Waals surface area (Å²) >= 11 is 0. The van der Waals surface area contributed by atoms with Crippen LogP contribution in [0.15, 0.2) is 47.4 Å². The van der Waals surface area contributed by atoms with Crippen molar-refractivity contribution >= 4 is 5.91 Å². The van der Waals surface area contributed by atoms with Gasteiger partial charge in [0.1, 0.15) is 0 Å². The van der Waals surface area contributed by atoms with Crippen LogP contribution in [-0.2, 0) is 0 Å². The molecule has 108 valence electrons. The maximum Gasteiger partial charge on any atom is 0.255 e. The van der Waals surface area contributed by atoms with Gasteiger partial charge in [-0.25, -0.2) is 0 Å². The smallest absolute Gasteiger partial charge is 0.255 e. The van der Waals surface area contributed by atoms with Crippen LogP contribution in [0.3, 0.4) is 0 Å². The second-order valence-electron chi connectivity index (χ2n) is 5.35. The number of carbonyl (C=O) groups excluding carboxylic acids is 1. The predicted octanol–water partition coefficient (Wildman–Crippen LogP) is 2.67. The van der Waals surface area contributed by atoms with E-state index in [1.54, 1.807) is 6.07 Å². The van der Waals surface area contributed by atoms with Crippen molar-refractivity contribution in [3.63, 3.8) is 0 Å². The molecule has 1 fully saturated rings. The van der Waals surface area contributed by atoms with Gasteiger partial charge in [0.15, 0.2) is 0 Å². The second kappa shape index (κ2) is 5.95. The van der Waals surface area contributed by atoms with Gasteiger partial charge in [-0.15, -0.1) is 0 Å². The first kappa shape index (κ1) is 13.6. The lowest BCUT2D eigenvalue weighted by Gasteiger charge is -2.26. The van der Waals surface area contributed by atoms with Crippen LogP contribution in [0.5, 0.6) is 0 Å². The van der Waals surface area contributed by atoms with Gasteiger partial charge in [-0.3, -0.25) is 9.59 Å². The van der Waals surface area contributed by atoms with E-state index in [-0.39, 0.29) is 11.5 Å². The zero-order valence-corrected chi connectivity index (χ0v) is 11.8. The predicted molar refractivity (Wildman–Crippen MR) is 82.3 cm³/mol. The van der Waals surface area contributed by atoms with Gasteiger partial charge in [0.05, 0.1) is 5.56 Å². The standard InChI is InChI=1S/C17H18N2O2/c20-16-15(13-7-3-1-4-8-13)11-14(12-18-16)17(21)19-9-5-2-6-10-19/h1,3-4,7-8,11-12H,2,5-6,9-10H2,(H,18,20). The minimum Gasteiger partial charge on any atom is -0.339 e. The maximum atomic E-state index is 12.5. The van der Waals surface area contributed by atoms with Crippen LogP contribution in [0, 0.1) is 0 Å². The fourth-order valence-corrected chi connectivity index (χ4v) is 2.72. The molecule has 1 amide bonds. The van der Waals surface area contributed by atoms with Crippen molar-refractivity contribution in [1.29, 1.82) is 0 Å². The Bertz CT molecular complexity index is 685. The van der Waals surface area contributed by atoms with Gasteiger partial charge in [0, 0.05) is 24.8 Å². The van der Waals surface area contributed by atoms with E-state index in [0.717, 1.165) is 31.5 Å². The molecule has 1 saturated heterocycles. The first-order valence-corrected chi connectivity index (χ1v) is 7.33. The summed E-state index contributed by atoms with van der Waals surface area (Å²) in [4.78, 5) is 29.0. The zero-order valence-electron chi connectivity index (χ0n) is 11.8. The Labute approximate surface area is 123 Å². The molecule has 4 nitrogen and oxygen atoms in total. The molecule has 0 radical (unpaired) electrons. The molecule has 1 aliphatic rings. The molecule has 3 rings (SSSR count). The fourth-order valence-electron chi connectivity index (χ4n) is 2.72. The molecule has 0 unspecified atom stereocenters. The summed E-state index contributed by atoms with van der Waals surface area (Å²) in [5, 5.41) is 0. The van der Waals surface area contributed by atoms with Crippen LogP contribution in [0.4, 0.5) is 0 Å². The highest BCUT2D eigenvalue weighted by Crippen LogP contribution is 2.18. The summed E-state index contributed by atoms with van der Waals surface area (Å²) in [6, 6.07) is 11.1. The lowest BCUT2D eigenvalue weighted by Crippen LogP contribution is -2.35. The molecule has 1 N–H and O–H groups in total. The van der Waals surface area contributed by atoms with E-state index in [1.165, 1.54) is 12.6 Å². The first-order chi connectivity index (χ1) is 10.3. The molecule has 1 aromatic heterocycles. The highest BCUT2D eigenvalue weighted by Gasteiger charge is 2.19. The van der Waals surface area contributed by atoms with E-state index < -0.39 is 0 Å². The summed E-state index contributed by atoms with van der Waals surface area (Å²) in [7, 11) is 0. The molecule has 0 saturated carbocycles. The van der Waals surface area contributed by atoms with E-state index in [1.807, 2.05) is 35.2 Å². The quantitative estimate of drug-likeness (QED) is 0.920. The molecule has 2 heterocycles. The van der Waals surface area contributed by atoms with E-state index in [2.05, 4.69) is 4.98 Å². The Kier molecular flexibility index (Phi) is 3.86. The summed E-state index contributed by atoms with van der Waals surface area (Å²) in [6.07, 6.45) is 4.82. The molecular weight excluding hydrogens is 264 g/mol. The zero-order chi connectivity index (χ0) is 14.7. The molecule has 1 aromatic carbocycles. The SMILES string of the molecule is O=C(c1c[nH]c(=O)c(-c2ccccc2)c1)N1CCCCC1. The van der Waals surface area contributed by atoms with E-state index in [4.69, 9.17) is 0 Å². The number of piperidine rings is 1. The lowest BCUT2D eigenvalue weighted by molar-refractivity contribution is 0.0724. The number of aromatic nitrogens is 1. The summed E-state index contributed by atoms with van der Waals surface area (Å²) in [5.74, 6) is 0.00290. The number of pyridine rings is 1. The van der Waals surface area contributed by atoms with Crippen LogP contribution in [0.25, 0.3) is 11.1 Å². The summed E-state index contributed by atoms with van der Waals surface area (Å²) in [5.41, 5.74) is 1.75. The van der Waals surface area contributed by atoms with Crippen LogP contribution in [-0.4, -0.2) is 28.9 Å². The summed E-state index contributed by atoms with van der Waals surface area (Å²) < 4.78 is 0. The largest absolute Gasteiger partial charge is 0.339 e. The third kappa shape index (κ3) is 2.89. The number of nitrogens with zero attached hydrogens (tertiary/aromatic N) is 1. The summed E-state index contributed by atoms with van der Waals surface area (Å²) in [6.45, 7) is 1.61. The lowest BCUT2D eigenvalue weighted by atomic mass is 10.0. The van der Waals surface area contributed by atoms with Crippen LogP contribution >= 0.6 is 0 Å². The minimum atomic E-state index is -0.170. The molecular formula is C17H18N2O2. The average Bonchev–Trinajstić information content (AvgIpc) is 2.56. The second-order valence-corrected chi connectivity index (χ2v) is 5.35. The highest BCUT2D eigenvalue weighted by molar-refractivity contribution is 5.95. The van der Waals surface area contributed by atoms with Crippen molar-refractivity contribution < 1.29 is 4.79 Å². The van der Waals surface area contributed by atoms with Crippen LogP contribution in [0.1, 0.15) is 29.6 Å². The van der Waals surface area contributed by atoms with E-state index >= 15 is 0 Å². The third-order valence-electron chi connectivity index (χ3n) is 3.88. The van der Waals surface area contributed by atoms with Crippen LogP contribution in [0.2, 0.25) is 0 Å². The van der Waals surface area contributed by atoms with E-state index in [0.29, 0.717) is 11.1 Å². The normalized spacial score (nSPS) is 15.0. The number of hydrogen-bond acceptors (Lipinski definition) is 2. The topological polar surface area (TPSA) is 53.2 Å². The van der Waals surface area contributed by atoms with Crippen molar-refractivity contribution in [2.45, 2.75) is 19.3 Å². The molecule has 0 atom stereocenters. The van der Waals surface area contributed by atoms with Gasteiger partial charge >= 0.3 is 0 Å². The molecule has 0 spiro atoms. The molecule has 1 aliphatic heterocycles. The number of carbonyl (C=O) groups is 1. The van der Waals surface area contributed by atoms with Gasteiger partial charge < -0.3 is 9.88 Å². The first-order valence-electron chi connectivity index (χ1n) is 7.33. The van der Waals surface area contributed by atoms with Crippen LogP contribution < -0.4 is 5.56 Å². The van der Waals surface area contributed by atoms with Crippen molar-refractivity contribution in [2.75, 3.05) is 13.1 Å². The Balaban J connectivity index is 1.94. The number of amides is 1. The van der Waals surface area contributed by atoms with Gasteiger partial charge in [0.25, 0.3) is 11.5 Å². The third-order valence-corrected chi connectivity index (χ3v) is 3.88. The number of likely N-dealkylation sites (tertiary alicyclic amines) is 1. The Hall–Kier alpha value is -2.36.